The zero-order valence-corrected chi connectivity index (χ0v) is 12.5. The molecule has 21 heavy (non-hydrogen) atoms. The van der Waals surface area contributed by atoms with E-state index in [0.29, 0.717) is 0 Å². The van der Waals surface area contributed by atoms with Crippen molar-refractivity contribution >= 4 is 0 Å². The molecule has 0 aliphatic carbocycles. The van der Waals surface area contributed by atoms with Gasteiger partial charge in [0.2, 0.25) is 0 Å². The highest BCUT2D eigenvalue weighted by Crippen LogP contribution is 2.20. The second-order valence-corrected chi connectivity index (χ2v) is 5.00. The summed E-state index contributed by atoms with van der Waals surface area (Å²) in [5.74, 6) is 0.537. The summed E-state index contributed by atoms with van der Waals surface area (Å²) >= 11 is 0. The van der Waals surface area contributed by atoms with Gasteiger partial charge >= 0.3 is 0 Å². The first-order valence-corrected chi connectivity index (χ1v) is 7.19. The van der Waals surface area contributed by atoms with Crippen LogP contribution < -0.4 is 10.1 Å². The quantitative estimate of drug-likeness (QED) is 0.846. The Labute approximate surface area is 125 Å². The van der Waals surface area contributed by atoms with Crippen molar-refractivity contribution in [2.45, 2.75) is 25.8 Å². The number of nitrogens with zero attached hydrogens (tertiary/aromatic N) is 1. The van der Waals surface area contributed by atoms with Crippen LogP contribution in [0.4, 0.5) is 4.39 Å². The minimum absolute atomic E-state index is 0.0570. The maximum Gasteiger partial charge on any atom is 0.141 e. The molecular weight excluding hydrogens is 267 g/mol. The van der Waals surface area contributed by atoms with Crippen molar-refractivity contribution in [2.24, 2.45) is 0 Å². The van der Waals surface area contributed by atoms with Crippen molar-refractivity contribution < 1.29 is 9.13 Å². The number of aromatic nitrogens is 1. The monoisotopic (exact) mass is 288 g/mol. The predicted octanol–water partition coefficient (Wildman–Crippen LogP) is 3.51. The van der Waals surface area contributed by atoms with Gasteiger partial charge in [-0.3, -0.25) is 4.98 Å². The number of pyridine rings is 1. The average Bonchev–Trinajstić information content (AvgIpc) is 2.52. The molecule has 1 unspecified atom stereocenters. The van der Waals surface area contributed by atoms with Crippen molar-refractivity contribution in [3.8, 4) is 5.75 Å². The van der Waals surface area contributed by atoms with Crippen LogP contribution in [0.3, 0.4) is 0 Å². The molecule has 1 N–H and O–H groups in total. The lowest BCUT2D eigenvalue weighted by atomic mass is 10.00. The summed E-state index contributed by atoms with van der Waals surface area (Å²) in [5, 5.41) is 3.45. The third-order valence-electron chi connectivity index (χ3n) is 3.37. The summed E-state index contributed by atoms with van der Waals surface area (Å²) in [6.07, 6.45) is 4.77. The van der Waals surface area contributed by atoms with E-state index in [-0.39, 0.29) is 11.9 Å². The molecule has 0 aliphatic heterocycles. The topological polar surface area (TPSA) is 34.1 Å². The van der Waals surface area contributed by atoms with E-state index in [9.17, 15) is 4.39 Å². The van der Waals surface area contributed by atoms with Crippen LogP contribution in [-0.2, 0) is 6.42 Å². The highest BCUT2D eigenvalue weighted by molar-refractivity contribution is 5.29. The van der Waals surface area contributed by atoms with Gasteiger partial charge in [0, 0.05) is 12.2 Å². The summed E-state index contributed by atoms with van der Waals surface area (Å²) in [4.78, 5) is 3.95. The summed E-state index contributed by atoms with van der Waals surface area (Å²) in [7, 11) is 1.65. The first-order chi connectivity index (χ1) is 10.2. The molecule has 0 fully saturated rings. The van der Waals surface area contributed by atoms with E-state index < -0.39 is 0 Å². The molecule has 1 aromatic heterocycles. The van der Waals surface area contributed by atoms with E-state index in [2.05, 4.69) is 17.2 Å². The van der Waals surface area contributed by atoms with Crippen molar-refractivity contribution in [2.75, 3.05) is 13.7 Å². The van der Waals surface area contributed by atoms with Gasteiger partial charge in [-0.1, -0.05) is 19.1 Å². The zero-order chi connectivity index (χ0) is 15.1. The minimum Gasteiger partial charge on any atom is -0.497 e. The molecule has 0 amide bonds. The SMILES string of the molecule is CCCNC(Cc1ccc(OC)cc1)c1cncc(F)c1. The lowest BCUT2D eigenvalue weighted by molar-refractivity contribution is 0.414. The number of rotatable bonds is 7. The molecule has 1 heterocycles. The second-order valence-electron chi connectivity index (χ2n) is 5.00. The smallest absolute Gasteiger partial charge is 0.141 e. The van der Waals surface area contributed by atoms with Crippen molar-refractivity contribution in [1.82, 2.24) is 10.3 Å². The van der Waals surface area contributed by atoms with Gasteiger partial charge in [-0.25, -0.2) is 4.39 Å². The molecule has 0 aliphatic rings. The Morgan fingerprint density at radius 2 is 2.00 bits per heavy atom. The number of hydrogen-bond acceptors (Lipinski definition) is 3. The van der Waals surface area contributed by atoms with Crippen molar-refractivity contribution in [3.63, 3.8) is 0 Å². The van der Waals surface area contributed by atoms with E-state index in [4.69, 9.17) is 4.74 Å². The zero-order valence-electron chi connectivity index (χ0n) is 12.5. The van der Waals surface area contributed by atoms with Gasteiger partial charge < -0.3 is 10.1 Å². The van der Waals surface area contributed by atoms with E-state index >= 15 is 0 Å². The summed E-state index contributed by atoms with van der Waals surface area (Å²) < 4.78 is 18.5. The van der Waals surface area contributed by atoms with Crippen LogP contribution in [0.1, 0.15) is 30.5 Å². The van der Waals surface area contributed by atoms with Gasteiger partial charge in [0.15, 0.2) is 0 Å². The third kappa shape index (κ3) is 4.53. The van der Waals surface area contributed by atoms with Gasteiger partial charge in [-0.15, -0.1) is 0 Å². The number of halogens is 1. The van der Waals surface area contributed by atoms with E-state index in [1.165, 1.54) is 11.8 Å². The second kappa shape index (κ2) is 7.74. The Bertz CT molecular complexity index is 557. The Balaban J connectivity index is 2.15. The predicted molar refractivity (Wildman–Crippen MR) is 81.9 cm³/mol. The summed E-state index contributed by atoms with van der Waals surface area (Å²) in [6, 6.07) is 9.55. The maximum atomic E-state index is 13.4. The fourth-order valence-electron chi connectivity index (χ4n) is 2.24. The van der Waals surface area contributed by atoms with Gasteiger partial charge in [0.05, 0.1) is 13.3 Å². The molecule has 3 nitrogen and oxygen atoms in total. The fourth-order valence-corrected chi connectivity index (χ4v) is 2.24. The van der Waals surface area contributed by atoms with Crippen molar-refractivity contribution in [3.05, 3.63) is 59.7 Å². The molecule has 4 heteroatoms. The van der Waals surface area contributed by atoms with E-state index in [1.54, 1.807) is 19.4 Å². The molecule has 2 rings (SSSR count). The number of methoxy groups -OCH3 is 1. The lowest BCUT2D eigenvalue weighted by Gasteiger charge is -2.19. The van der Waals surface area contributed by atoms with Gasteiger partial charge in [-0.05, 0) is 48.7 Å². The standard InChI is InChI=1S/C17H21FN2O/c1-3-8-20-17(14-10-15(18)12-19-11-14)9-13-4-6-16(21-2)7-5-13/h4-7,10-12,17,20H,3,8-9H2,1-2H3. The Morgan fingerprint density at radius 1 is 1.24 bits per heavy atom. The minimum atomic E-state index is -0.300. The van der Waals surface area contributed by atoms with E-state index in [1.807, 2.05) is 24.3 Å². The first kappa shape index (κ1) is 15.4. The van der Waals surface area contributed by atoms with Crippen LogP contribution in [0.2, 0.25) is 0 Å². The Hall–Kier alpha value is -1.94. The largest absolute Gasteiger partial charge is 0.497 e. The molecule has 2 aromatic rings. The normalized spacial score (nSPS) is 12.1. The maximum absolute atomic E-state index is 13.4. The molecule has 0 spiro atoms. The Morgan fingerprint density at radius 3 is 2.62 bits per heavy atom. The molecule has 1 atom stereocenters. The molecule has 112 valence electrons. The van der Waals surface area contributed by atoms with Gasteiger partial charge in [0.25, 0.3) is 0 Å². The van der Waals surface area contributed by atoms with Crippen LogP contribution in [0.25, 0.3) is 0 Å². The number of nitrogens with one attached hydrogen (secondary N) is 1. The highest BCUT2D eigenvalue weighted by atomic mass is 19.1. The number of hydrogen-bond donors (Lipinski definition) is 1. The molecular formula is C17H21FN2O. The Kier molecular flexibility index (Phi) is 5.69. The third-order valence-corrected chi connectivity index (χ3v) is 3.37. The fraction of sp³-hybridized carbons (Fsp3) is 0.353. The highest BCUT2D eigenvalue weighted by Gasteiger charge is 2.13. The lowest BCUT2D eigenvalue weighted by Crippen LogP contribution is -2.24. The van der Waals surface area contributed by atoms with Crippen molar-refractivity contribution in [1.29, 1.82) is 0 Å². The molecule has 0 saturated heterocycles. The number of benzene rings is 1. The molecule has 0 radical (unpaired) electrons. The summed E-state index contributed by atoms with van der Waals surface area (Å²) in [6.45, 7) is 3.00. The van der Waals surface area contributed by atoms with E-state index in [0.717, 1.165) is 30.7 Å². The van der Waals surface area contributed by atoms with Gasteiger partial charge in [-0.2, -0.15) is 0 Å². The molecule has 0 bridgehead atoms. The molecule has 1 aromatic carbocycles. The number of ether oxygens (including phenoxy) is 1. The van der Waals surface area contributed by atoms with Crippen LogP contribution >= 0.6 is 0 Å². The first-order valence-electron chi connectivity index (χ1n) is 7.19. The van der Waals surface area contributed by atoms with Crippen LogP contribution in [-0.4, -0.2) is 18.6 Å². The average molecular weight is 288 g/mol. The van der Waals surface area contributed by atoms with Crippen LogP contribution in [0.15, 0.2) is 42.7 Å². The van der Waals surface area contributed by atoms with Gasteiger partial charge in [0.1, 0.15) is 11.6 Å². The van der Waals surface area contributed by atoms with Crippen LogP contribution in [0, 0.1) is 5.82 Å². The molecule has 0 saturated carbocycles. The van der Waals surface area contributed by atoms with Crippen LogP contribution in [0.5, 0.6) is 5.75 Å². The summed E-state index contributed by atoms with van der Waals surface area (Å²) in [5.41, 5.74) is 2.05.